The average Bonchev–Trinajstić information content (AvgIpc) is 3.36. The number of urea groups is 1. The van der Waals surface area contributed by atoms with Crippen LogP contribution in [-0.2, 0) is 12.7 Å². The lowest BCUT2D eigenvalue weighted by molar-refractivity contribution is -0.156. The van der Waals surface area contributed by atoms with Gasteiger partial charge in [-0.2, -0.15) is 23.7 Å². The van der Waals surface area contributed by atoms with Gasteiger partial charge in [-0.1, -0.05) is 49.5 Å². The Kier molecular flexibility index (Phi) is 10.9. The first kappa shape index (κ1) is 30.1. The average molecular weight is 537 g/mol. The lowest BCUT2D eigenvalue weighted by Gasteiger charge is -2.31. The zero-order valence-corrected chi connectivity index (χ0v) is 23.0. The summed E-state index contributed by atoms with van der Waals surface area (Å²) in [7, 11) is -0.0350. The van der Waals surface area contributed by atoms with Crippen molar-refractivity contribution in [3.8, 4) is 11.5 Å². The van der Waals surface area contributed by atoms with Gasteiger partial charge in [-0.15, -0.1) is 10.2 Å². The number of carbonyl (C=O) groups is 1. The molecule has 0 aliphatic carbocycles. The Morgan fingerprint density at radius 3 is 2.24 bits per heavy atom. The molecule has 2 amide bonds. The molecule has 1 aromatic heterocycles. The summed E-state index contributed by atoms with van der Waals surface area (Å²) < 4.78 is 43.1. The van der Waals surface area contributed by atoms with Gasteiger partial charge < -0.3 is 9.32 Å². The predicted octanol–water partition coefficient (Wildman–Crippen LogP) is 7.18. The molecule has 0 bridgehead atoms. The molecule has 1 unspecified atom stereocenters. The SMILES string of the molecule is C=S(C)CCN(CC)C(=O)N(Cc1ccc(-c2nnc(C(F)(F)F)o2)cc1)c1ccc(C)cc1C.CC. The fourth-order valence-electron chi connectivity index (χ4n) is 3.58. The fraction of sp³-hybridized carbons (Fsp3) is 0.407. The minimum atomic E-state index is -4.70. The zero-order valence-electron chi connectivity index (χ0n) is 22.2. The molecule has 202 valence electrons. The third kappa shape index (κ3) is 8.18. The molecule has 0 spiro atoms. The Morgan fingerprint density at radius 1 is 1.08 bits per heavy atom. The monoisotopic (exact) mass is 536 g/mol. The van der Waals surface area contributed by atoms with Gasteiger partial charge in [0, 0.05) is 30.1 Å². The predicted molar refractivity (Wildman–Crippen MR) is 146 cm³/mol. The molecule has 0 saturated carbocycles. The van der Waals surface area contributed by atoms with E-state index in [1.54, 1.807) is 34.1 Å². The number of amides is 2. The van der Waals surface area contributed by atoms with E-state index in [0.717, 1.165) is 28.1 Å². The first-order valence-corrected chi connectivity index (χ1v) is 14.0. The Bertz CT molecular complexity index is 1190. The van der Waals surface area contributed by atoms with Crippen molar-refractivity contribution < 1.29 is 22.4 Å². The largest absolute Gasteiger partial charge is 0.470 e. The number of benzene rings is 2. The normalized spacial score (nSPS) is 11.9. The topological polar surface area (TPSA) is 62.5 Å². The Labute approximate surface area is 219 Å². The van der Waals surface area contributed by atoms with E-state index >= 15 is 0 Å². The summed E-state index contributed by atoms with van der Waals surface area (Å²) in [6, 6.07) is 12.5. The Hall–Kier alpha value is -3.14. The van der Waals surface area contributed by atoms with Gasteiger partial charge in [0.15, 0.2) is 0 Å². The van der Waals surface area contributed by atoms with E-state index in [9.17, 15) is 18.0 Å². The molecule has 1 atom stereocenters. The number of aryl methyl sites for hydroxylation is 2. The highest BCUT2D eigenvalue weighted by molar-refractivity contribution is 8.13. The van der Waals surface area contributed by atoms with Gasteiger partial charge in [-0.3, -0.25) is 4.90 Å². The summed E-state index contributed by atoms with van der Waals surface area (Å²) in [5.41, 5.74) is 4.05. The maximum Gasteiger partial charge on any atom is 0.470 e. The van der Waals surface area contributed by atoms with Gasteiger partial charge in [-0.25, -0.2) is 4.79 Å². The smallest absolute Gasteiger partial charge is 0.413 e. The van der Waals surface area contributed by atoms with Gasteiger partial charge in [-0.05, 0) is 56.4 Å². The number of alkyl halides is 3. The molecule has 6 nitrogen and oxygen atoms in total. The third-order valence-electron chi connectivity index (χ3n) is 5.44. The van der Waals surface area contributed by atoms with Crippen LogP contribution in [0, 0.1) is 13.8 Å². The van der Waals surface area contributed by atoms with Crippen molar-refractivity contribution in [2.75, 3.05) is 30.0 Å². The van der Waals surface area contributed by atoms with Crippen molar-refractivity contribution in [1.82, 2.24) is 15.1 Å². The van der Waals surface area contributed by atoms with Gasteiger partial charge in [0.05, 0.1) is 6.54 Å². The minimum absolute atomic E-state index is 0.0350. The first-order valence-electron chi connectivity index (χ1n) is 12.1. The Balaban J connectivity index is 0.00000235. The number of halogens is 3. The van der Waals surface area contributed by atoms with Crippen LogP contribution in [0.5, 0.6) is 0 Å². The second-order valence-corrected chi connectivity index (χ2v) is 10.3. The number of rotatable bonds is 8. The minimum Gasteiger partial charge on any atom is -0.413 e. The molecule has 0 saturated heterocycles. The van der Waals surface area contributed by atoms with Gasteiger partial charge in [0.2, 0.25) is 5.89 Å². The van der Waals surface area contributed by atoms with Crippen LogP contribution in [0.4, 0.5) is 23.7 Å². The number of hydrogen-bond acceptors (Lipinski definition) is 4. The molecule has 37 heavy (non-hydrogen) atoms. The molecule has 3 rings (SSSR count). The molecule has 10 heteroatoms. The molecule has 3 aromatic rings. The molecule has 0 aliphatic heterocycles. The molecule has 0 radical (unpaired) electrons. The van der Waals surface area contributed by atoms with Crippen LogP contribution in [-0.4, -0.2) is 52.1 Å². The molecule has 0 aliphatic rings. The van der Waals surface area contributed by atoms with Crippen molar-refractivity contribution in [2.45, 2.75) is 47.3 Å². The summed E-state index contributed by atoms with van der Waals surface area (Å²) in [6.45, 7) is 11.4. The van der Waals surface area contributed by atoms with Crippen LogP contribution in [0.25, 0.3) is 11.5 Å². The first-order chi connectivity index (χ1) is 17.5. The van der Waals surface area contributed by atoms with E-state index in [4.69, 9.17) is 4.42 Å². The van der Waals surface area contributed by atoms with Crippen LogP contribution in [0.1, 0.15) is 43.4 Å². The highest BCUT2D eigenvalue weighted by Crippen LogP contribution is 2.31. The van der Waals surface area contributed by atoms with Crippen LogP contribution in [0.3, 0.4) is 0 Å². The molecular formula is C27H35F3N4O2S. The number of nitrogens with zero attached hydrogens (tertiary/aromatic N) is 4. The van der Waals surface area contributed by atoms with Gasteiger partial charge in [0.25, 0.3) is 0 Å². The summed E-state index contributed by atoms with van der Waals surface area (Å²) in [5.74, 6) is 3.26. The quantitative estimate of drug-likeness (QED) is 0.286. The molecule has 2 aromatic carbocycles. The van der Waals surface area contributed by atoms with Crippen molar-refractivity contribution >= 4 is 28.1 Å². The standard InChI is InChI=1S/C25H29F3N4O2S.C2H6/c1-6-31(13-14-35(4)5)24(33)32(21-12-7-17(2)15-18(21)3)16-19-8-10-20(11-9-19)22-29-30-23(34-22)25(26,27)28;1-2/h7-12,15H,4,6,13-14,16H2,1-3,5H3;1-2H3. The van der Waals surface area contributed by atoms with E-state index in [2.05, 4.69) is 16.1 Å². The van der Waals surface area contributed by atoms with E-state index in [-0.39, 0.29) is 22.4 Å². The van der Waals surface area contributed by atoms with Gasteiger partial charge in [0.1, 0.15) is 0 Å². The summed E-state index contributed by atoms with van der Waals surface area (Å²) >= 11 is 0. The molecule has 0 fully saturated rings. The maximum absolute atomic E-state index is 13.6. The summed E-state index contributed by atoms with van der Waals surface area (Å²) in [6.07, 6.45) is -2.65. The van der Waals surface area contributed by atoms with Gasteiger partial charge >= 0.3 is 18.1 Å². The van der Waals surface area contributed by atoms with E-state index in [1.807, 2.05) is 59.1 Å². The summed E-state index contributed by atoms with van der Waals surface area (Å²) in [5, 5.41) is 6.56. The maximum atomic E-state index is 13.6. The third-order valence-corrected chi connectivity index (χ3v) is 6.32. The Morgan fingerprint density at radius 2 is 1.73 bits per heavy atom. The lowest BCUT2D eigenvalue weighted by atomic mass is 10.1. The molecular weight excluding hydrogens is 501 g/mol. The molecule has 0 N–H and O–H groups in total. The van der Waals surface area contributed by atoms with Crippen molar-refractivity contribution in [1.29, 1.82) is 0 Å². The fourth-order valence-corrected chi connectivity index (χ4v) is 4.11. The highest BCUT2D eigenvalue weighted by atomic mass is 32.2. The van der Waals surface area contributed by atoms with E-state index in [1.165, 1.54) is 0 Å². The van der Waals surface area contributed by atoms with Crippen molar-refractivity contribution in [3.05, 3.63) is 65.0 Å². The second-order valence-electron chi connectivity index (χ2n) is 8.33. The highest BCUT2D eigenvalue weighted by Gasteiger charge is 2.38. The van der Waals surface area contributed by atoms with Crippen LogP contribution in [0.2, 0.25) is 0 Å². The van der Waals surface area contributed by atoms with E-state index < -0.39 is 12.1 Å². The molecule has 1 heterocycles. The van der Waals surface area contributed by atoms with Crippen LogP contribution in [0.15, 0.2) is 46.9 Å². The summed E-state index contributed by atoms with van der Waals surface area (Å²) in [4.78, 5) is 17.1. The zero-order chi connectivity index (χ0) is 27.8. The van der Waals surface area contributed by atoms with Crippen LogP contribution >= 0.6 is 10.5 Å². The second kappa shape index (κ2) is 13.4. The van der Waals surface area contributed by atoms with Crippen molar-refractivity contribution in [2.24, 2.45) is 0 Å². The van der Waals surface area contributed by atoms with E-state index in [0.29, 0.717) is 25.2 Å². The van der Waals surface area contributed by atoms with Crippen LogP contribution < -0.4 is 4.90 Å². The van der Waals surface area contributed by atoms with Crippen molar-refractivity contribution in [3.63, 3.8) is 0 Å². The number of anilines is 1. The number of aromatic nitrogens is 2. The lowest BCUT2D eigenvalue weighted by Crippen LogP contribution is -2.44. The number of hydrogen-bond donors (Lipinski definition) is 0. The number of carbonyl (C=O) groups excluding carboxylic acids is 1.